The van der Waals surface area contributed by atoms with Gasteiger partial charge in [0.1, 0.15) is 5.75 Å². The number of carbonyl (C=O) groups is 1. The molecule has 5 nitrogen and oxygen atoms in total. The first-order valence-electron chi connectivity index (χ1n) is 7.98. The maximum Gasteiger partial charge on any atom is 0.419 e. The van der Waals surface area contributed by atoms with E-state index in [1.54, 1.807) is 0 Å². The van der Waals surface area contributed by atoms with Crippen LogP contribution in [0.5, 0.6) is 11.5 Å². The van der Waals surface area contributed by atoms with E-state index in [1.165, 1.54) is 18.2 Å². The molecule has 144 valence electrons. The van der Waals surface area contributed by atoms with Crippen LogP contribution >= 0.6 is 0 Å². The van der Waals surface area contributed by atoms with Gasteiger partial charge in [0.15, 0.2) is 17.7 Å². The van der Waals surface area contributed by atoms with Crippen LogP contribution in [0.3, 0.4) is 0 Å². The SMILES string of the molecule is O=C(Nc1ccc(Oc2ccccc2C(F)(F)F)c(F)c1)C1COCCO1. The zero-order chi connectivity index (χ0) is 19.4. The molecular weight excluding hydrogens is 370 g/mol. The zero-order valence-corrected chi connectivity index (χ0v) is 13.9. The minimum Gasteiger partial charge on any atom is -0.454 e. The van der Waals surface area contributed by atoms with Crippen molar-refractivity contribution < 1.29 is 36.6 Å². The lowest BCUT2D eigenvalue weighted by Crippen LogP contribution is -2.39. The Morgan fingerprint density at radius 3 is 2.56 bits per heavy atom. The Balaban J connectivity index is 1.73. The van der Waals surface area contributed by atoms with E-state index in [0.29, 0.717) is 6.61 Å². The summed E-state index contributed by atoms with van der Waals surface area (Å²) < 4.78 is 68.7. The molecule has 0 aromatic heterocycles. The molecule has 27 heavy (non-hydrogen) atoms. The van der Waals surface area contributed by atoms with Gasteiger partial charge in [0.05, 0.1) is 25.4 Å². The lowest BCUT2D eigenvalue weighted by atomic mass is 10.2. The van der Waals surface area contributed by atoms with Gasteiger partial charge in [0, 0.05) is 11.8 Å². The van der Waals surface area contributed by atoms with E-state index in [9.17, 15) is 22.4 Å². The number of amides is 1. The number of para-hydroxylation sites is 1. The van der Waals surface area contributed by atoms with Gasteiger partial charge in [-0.25, -0.2) is 4.39 Å². The molecule has 0 radical (unpaired) electrons. The molecule has 1 atom stereocenters. The van der Waals surface area contributed by atoms with Crippen molar-refractivity contribution in [3.63, 3.8) is 0 Å². The van der Waals surface area contributed by atoms with Gasteiger partial charge in [-0.2, -0.15) is 13.2 Å². The highest BCUT2D eigenvalue weighted by molar-refractivity contribution is 5.94. The van der Waals surface area contributed by atoms with Gasteiger partial charge in [-0.1, -0.05) is 12.1 Å². The van der Waals surface area contributed by atoms with E-state index in [2.05, 4.69) is 5.32 Å². The van der Waals surface area contributed by atoms with Gasteiger partial charge in [-0.15, -0.1) is 0 Å². The fraction of sp³-hybridized carbons (Fsp3) is 0.278. The van der Waals surface area contributed by atoms with Gasteiger partial charge in [-0.3, -0.25) is 4.79 Å². The lowest BCUT2D eigenvalue weighted by Gasteiger charge is -2.22. The number of alkyl halides is 3. The maximum atomic E-state index is 14.2. The largest absolute Gasteiger partial charge is 0.454 e. The average Bonchev–Trinajstić information content (AvgIpc) is 2.64. The second-order valence-corrected chi connectivity index (χ2v) is 5.66. The van der Waals surface area contributed by atoms with Crippen LogP contribution in [0.4, 0.5) is 23.2 Å². The monoisotopic (exact) mass is 385 g/mol. The topological polar surface area (TPSA) is 56.8 Å². The minimum absolute atomic E-state index is 0.0870. The number of rotatable bonds is 4. The molecule has 0 aliphatic carbocycles. The summed E-state index contributed by atoms with van der Waals surface area (Å²) in [5, 5.41) is 2.46. The summed E-state index contributed by atoms with van der Waals surface area (Å²) in [6.07, 6.45) is -5.44. The van der Waals surface area contributed by atoms with Crippen molar-refractivity contribution in [2.45, 2.75) is 12.3 Å². The number of halogens is 4. The molecular formula is C18H15F4NO4. The van der Waals surface area contributed by atoms with Crippen molar-refractivity contribution in [1.82, 2.24) is 0 Å². The highest BCUT2D eigenvalue weighted by atomic mass is 19.4. The molecule has 1 saturated heterocycles. The van der Waals surface area contributed by atoms with Crippen LogP contribution in [0.1, 0.15) is 5.56 Å². The maximum absolute atomic E-state index is 14.2. The standard InChI is InChI=1S/C18H15F4NO4/c19-13-9-11(23-17(24)16-10-25-7-8-26-16)5-6-15(13)27-14-4-2-1-3-12(14)18(20,21)22/h1-6,9,16H,7-8,10H2,(H,23,24). The van der Waals surface area contributed by atoms with Gasteiger partial charge in [-0.05, 0) is 24.3 Å². The molecule has 1 heterocycles. The first-order valence-corrected chi connectivity index (χ1v) is 7.98. The van der Waals surface area contributed by atoms with Crippen molar-refractivity contribution in [1.29, 1.82) is 0 Å². The van der Waals surface area contributed by atoms with E-state index >= 15 is 0 Å². The quantitative estimate of drug-likeness (QED) is 0.809. The second kappa shape index (κ2) is 7.93. The van der Waals surface area contributed by atoms with Crippen LogP contribution in [0, 0.1) is 5.82 Å². The van der Waals surface area contributed by atoms with Crippen LogP contribution in [0.25, 0.3) is 0 Å². The number of carbonyl (C=O) groups excluding carboxylic acids is 1. The number of anilines is 1. The number of hydrogen-bond donors (Lipinski definition) is 1. The molecule has 9 heteroatoms. The normalized spacial score (nSPS) is 17.4. The third-order valence-corrected chi connectivity index (χ3v) is 3.72. The molecule has 1 unspecified atom stereocenters. The average molecular weight is 385 g/mol. The van der Waals surface area contributed by atoms with E-state index < -0.39 is 41.1 Å². The van der Waals surface area contributed by atoms with Crippen molar-refractivity contribution in [3.8, 4) is 11.5 Å². The third kappa shape index (κ3) is 4.75. The lowest BCUT2D eigenvalue weighted by molar-refractivity contribution is -0.142. The van der Waals surface area contributed by atoms with E-state index in [1.807, 2.05) is 0 Å². The Morgan fingerprint density at radius 1 is 1.11 bits per heavy atom. The molecule has 1 N–H and O–H groups in total. The smallest absolute Gasteiger partial charge is 0.419 e. The number of nitrogens with one attached hydrogen (secondary N) is 1. The Morgan fingerprint density at radius 2 is 1.89 bits per heavy atom. The minimum atomic E-state index is -4.64. The van der Waals surface area contributed by atoms with Crippen LogP contribution in [0.15, 0.2) is 42.5 Å². The van der Waals surface area contributed by atoms with Crippen LogP contribution in [0.2, 0.25) is 0 Å². The predicted molar refractivity (Wildman–Crippen MR) is 87.1 cm³/mol. The van der Waals surface area contributed by atoms with E-state index in [4.69, 9.17) is 14.2 Å². The van der Waals surface area contributed by atoms with E-state index in [0.717, 1.165) is 24.3 Å². The van der Waals surface area contributed by atoms with Crippen LogP contribution in [-0.2, 0) is 20.4 Å². The van der Waals surface area contributed by atoms with Crippen LogP contribution < -0.4 is 10.1 Å². The second-order valence-electron chi connectivity index (χ2n) is 5.66. The van der Waals surface area contributed by atoms with Gasteiger partial charge in [0.25, 0.3) is 5.91 Å². The van der Waals surface area contributed by atoms with Crippen molar-refractivity contribution in [3.05, 3.63) is 53.8 Å². The predicted octanol–water partition coefficient (Wildman–Crippen LogP) is 3.99. The Hall–Kier alpha value is -2.65. The fourth-order valence-corrected chi connectivity index (χ4v) is 2.43. The number of benzene rings is 2. The first-order chi connectivity index (χ1) is 12.8. The van der Waals surface area contributed by atoms with E-state index in [-0.39, 0.29) is 18.9 Å². The highest BCUT2D eigenvalue weighted by Gasteiger charge is 2.34. The molecule has 0 spiro atoms. The molecule has 1 aliphatic heterocycles. The molecule has 1 aliphatic rings. The molecule has 1 fully saturated rings. The third-order valence-electron chi connectivity index (χ3n) is 3.72. The summed E-state index contributed by atoms with van der Waals surface area (Å²) in [7, 11) is 0. The highest BCUT2D eigenvalue weighted by Crippen LogP contribution is 2.38. The molecule has 3 rings (SSSR count). The molecule has 0 bridgehead atoms. The first kappa shape index (κ1) is 19.1. The van der Waals surface area contributed by atoms with Crippen molar-refractivity contribution in [2.24, 2.45) is 0 Å². The van der Waals surface area contributed by atoms with Gasteiger partial charge in [0.2, 0.25) is 0 Å². The fourth-order valence-electron chi connectivity index (χ4n) is 2.43. The van der Waals surface area contributed by atoms with Crippen LogP contribution in [-0.4, -0.2) is 31.8 Å². The summed E-state index contributed by atoms with van der Waals surface area (Å²) in [5.41, 5.74) is -0.903. The number of hydrogen-bond acceptors (Lipinski definition) is 4. The van der Waals surface area contributed by atoms with Crippen molar-refractivity contribution in [2.75, 3.05) is 25.1 Å². The Bertz CT molecular complexity index is 819. The zero-order valence-electron chi connectivity index (χ0n) is 13.9. The summed E-state index contributed by atoms with van der Waals surface area (Å²) in [6, 6.07) is 7.90. The summed E-state index contributed by atoms with van der Waals surface area (Å²) in [6.45, 7) is 0.755. The van der Waals surface area contributed by atoms with Gasteiger partial charge < -0.3 is 19.5 Å². The summed E-state index contributed by atoms with van der Waals surface area (Å²) in [4.78, 5) is 12.0. The number of ether oxygens (including phenoxy) is 3. The Kier molecular flexibility index (Phi) is 5.62. The Labute approximate surface area is 151 Å². The summed E-state index contributed by atoms with van der Waals surface area (Å²) in [5.74, 6) is -2.36. The van der Waals surface area contributed by atoms with Gasteiger partial charge >= 0.3 is 6.18 Å². The molecule has 0 saturated carbocycles. The summed E-state index contributed by atoms with van der Waals surface area (Å²) >= 11 is 0. The molecule has 2 aromatic rings. The van der Waals surface area contributed by atoms with Crippen molar-refractivity contribution >= 4 is 11.6 Å². The molecule has 1 amide bonds. The molecule has 2 aromatic carbocycles.